The Morgan fingerprint density at radius 3 is 2.92 bits per heavy atom. The molecule has 0 aliphatic carbocycles. The number of rotatable bonds is 7. The number of hydrogen-bond acceptors (Lipinski definition) is 4. The molecule has 0 bridgehead atoms. The number of pyridine rings is 1. The van der Waals surface area contributed by atoms with Gasteiger partial charge in [-0.05, 0) is 30.3 Å². The number of benzene rings is 1. The predicted molar refractivity (Wildman–Crippen MR) is 94.8 cm³/mol. The van der Waals surface area contributed by atoms with Gasteiger partial charge in [0.05, 0.1) is 13.0 Å². The number of carbonyl (C=O) groups excluding carboxylic acids is 1. The van der Waals surface area contributed by atoms with E-state index in [0.717, 1.165) is 5.56 Å². The molecular formula is C18H17ClN4O2. The first-order chi connectivity index (χ1) is 12.2. The van der Waals surface area contributed by atoms with E-state index in [9.17, 15) is 4.79 Å². The zero-order valence-corrected chi connectivity index (χ0v) is 14.2. The minimum absolute atomic E-state index is 0.0997. The largest absolute Gasteiger partial charge is 0.493 e. The van der Waals surface area contributed by atoms with E-state index in [1.165, 1.54) is 0 Å². The average Bonchev–Trinajstić information content (AvgIpc) is 3.15. The van der Waals surface area contributed by atoms with Gasteiger partial charge in [0.2, 0.25) is 5.91 Å². The zero-order chi connectivity index (χ0) is 17.5. The van der Waals surface area contributed by atoms with Crippen LogP contribution < -0.4 is 10.1 Å². The van der Waals surface area contributed by atoms with Crippen LogP contribution in [0.1, 0.15) is 12.0 Å². The van der Waals surface area contributed by atoms with Crippen LogP contribution in [-0.4, -0.2) is 27.3 Å². The Balaban J connectivity index is 1.50. The Hall–Kier alpha value is -2.86. The highest BCUT2D eigenvalue weighted by Gasteiger charge is 2.08. The maximum Gasteiger partial charge on any atom is 0.223 e. The molecule has 0 radical (unpaired) electrons. The van der Waals surface area contributed by atoms with Gasteiger partial charge in [0.15, 0.2) is 5.82 Å². The standard InChI is InChI=1S/C18H17ClN4O2/c19-15-5-1-6-16(12-15)25-11-7-17(24)21-13-14-4-2-8-20-18(14)23-10-3-9-22-23/h1-6,8-10,12H,7,11,13H2,(H,21,24). The van der Waals surface area contributed by atoms with Gasteiger partial charge in [0.25, 0.3) is 0 Å². The summed E-state index contributed by atoms with van der Waals surface area (Å²) in [7, 11) is 0. The molecule has 3 aromatic rings. The highest BCUT2D eigenvalue weighted by Crippen LogP contribution is 2.17. The molecule has 3 rings (SSSR count). The Morgan fingerprint density at radius 1 is 1.20 bits per heavy atom. The van der Waals surface area contributed by atoms with E-state index < -0.39 is 0 Å². The van der Waals surface area contributed by atoms with Crippen LogP contribution in [-0.2, 0) is 11.3 Å². The van der Waals surface area contributed by atoms with Gasteiger partial charge >= 0.3 is 0 Å². The number of halogens is 1. The molecule has 0 saturated carbocycles. The molecule has 7 heteroatoms. The van der Waals surface area contributed by atoms with E-state index in [-0.39, 0.29) is 18.9 Å². The van der Waals surface area contributed by atoms with Crippen molar-refractivity contribution < 1.29 is 9.53 Å². The summed E-state index contributed by atoms with van der Waals surface area (Å²) in [5, 5.41) is 7.65. The van der Waals surface area contributed by atoms with E-state index in [0.29, 0.717) is 23.1 Å². The van der Waals surface area contributed by atoms with Crippen LogP contribution in [0.3, 0.4) is 0 Å². The number of aromatic nitrogens is 3. The highest BCUT2D eigenvalue weighted by molar-refractivity contribution is 6.30. The summed E-state index contributed by atoms with van der Waals surface area (Å²) in [5.74, 6) is 1.24. The third-order valence-electron chi connectivity index (χ3n) is 3.46. The summed E-state index contributed by atoms with van der Waals surface area (Å²) in [6.07, 6.45) is 5.45. The number of carbonyl (C=O) groups is 1. The normalized spacial score (nSPS) is 10.4. The van der Waals surface area contributed by atoms with Crippen LogP contribution in [0, 0.1) is 0 Å². The van der Waals surface area contributed by atoms with Gasteiger partial charge in [-0.15, -0.1) is 0 Å². The molecule has 0 unspecified atom stereocenters. The fraction of sp³-hybridized carbons (Fsp3) is 0.167. The van der Waals surface area contributed by atoms with Gasteiger partial charge in [-0.2, -0.15) is 5.10 Å². The Bertz CT molecular complexity index is 837. The minimum Gasteiger partial charge on any atom is -0.493 e. The molecule has 128 valence electrons. The van der Waals surface area contributed by atoms with Gasteiger partial charge in [-0.3, -0.25) is 4.79 Å². The fourth-order valence-corrected chi connectivity index (χ4v) is 2.45. The highest BCUT2D eigenvalue weighted by atomic mass is 35.5. The second-order valence-corrected chi connectivity index (χ2v) is 5.71. The van der Waals surface area contributed by atoms with Crippen molar-refractivity contribution in [2.24, 2.45) is 0 Å². The molecule has 1 amide bonds. The molecule has 25 heavy (non-hydrogen) atoms. The van der Waals surface area contributed by atoms with E-state index in [4.69, 9.17) is 16.3 Å². The monoisotopic (exact) mass is 356 g/mol. The van der Waals surface area contributed by atoms with Gasteiger partial charge in [0, 0.05) is 35.7 Å². The first-order valence-electron chi connectivity index (χ1n) is 7.81. The van der Waals surface area contributed by atoms with Crippen molar-refractivity contribution in [1.29, 1.82) is 0 Å². The van der Waals surface area contributed by atoms with E-state index >= 15 is 0 Å². The maximum atomic E-state index is 12.0. The third-order valence-corrected chi connectivity index (χ3v) is 3.69. The summed E-state index contributed by atoms with van der Waals surface area (Å²) in [5.41, 5.74) is 0.885. The molecule has 0 atom stereocenters. The summed E-state index contributed by atoms with van der Waals surface area (Å²) >= 11 is 5.89. The molecule has 1 N–H and O–H groups in total. The number of amides is 1. The van der Waals surface area contributed by atoms with Crippen molar-refractivity contribution in [3.63, 3.8) is 0 Å². The lowest BCUT2D eigenvalue weighted by molar-refractivity contribution is -0.121. The minimum atomic E-state index is -0.0997. The van der Waals surface area contributed by atoms with Crippen molar-refractivity contribution in [2.75, 3.05) is 6.61 Å². The molecule has 0 spiro atoms. The summed E-state index contributed by atoms with van der Waals surface area (Å²) in [4.78, 5) is 16.3. The van der Waals surface area contributed by atoms with Crippen molar-refractivity contribution >= 4 is 17.5 Å². The summed E-state index contributed by atoms with van der Waals surface area (Å²) in [6, 6.07) is 12.7. The topological polar surface area (TPSA) is 69.0 Å². The molecule has 0 aliphatic rings. The van der Waals surface area contributed by atoms with Crippen LogP contribution >= 0.6 is 11.6 Å². The predicted octanol–water partition coefficient (Wildman–Crippen LogP) is 3.01. The lowest BCUT2D eigenvalue weighted by Gasteiger charge is -2.10. The second-order valence-electron chi connectivity index (χ2n) is 5.27. The van der Waals surface area contributed by atoms with Crippen molar-refractivity contribution in [2.45, 2.75) is 13.0 Å². The Kier molecular flexibility index (Phi) is 5.64. The van der Waals surface area contributed by atoms with Crippen LogP contribution in [0.25, 0.3) is 5.82 Å². The molecule has 0 saturated heterocycles. The average molecular weight is 357 g/mol. The third kappa shape index (κ3) is 4.81. The molecule has 2 heterocycles. The van der Waals surface area contributed by atoms with Crippen LogP contribution in [0.5, 0.6) is 5.75 Å². The van der Waals surface area contributed by atoms with Crippen molar-refractivity contribution in [1.82, 2.24) is 20.1 Å². The summed E-state index contributed by atoms with van der Waals surface area (Å²) in [6.45, 7) is 0.657. The van der Waals surface area contributed by atoms with Crippen molar-refractivity contribution in [3.8, 4) is 11.6 Å². The van der Waals surface area contributed by atoms with Crippen LogP contribution in [0.4, 0.5) is 0 Å². The second kappa shape index (κ2) is 8.30. The Labute approximate surface area is 150 Å². The van der Waals surface area contributed by atoms with Crippen LogP contribution in [0.2, 0.25) is 5.02 Å². The maximum absolute atomic E-state index is 12.0. The number of nitrogens with one attached hydrogen (secondary N) is 1. The number of nitrogens with zero attached hydrogens (tertiary/aromatic N) is 3. The van der Waals surface area contributed by atoms with Gasteiger partial charge in [-0.25, -0.2) is 9.67 Å². The number of hydrogen-bond donors (Lipinski definition) is 1. The van der Waals surface area contributed by atoms with E-state index in [1.807, 2.05) is 24.4 Å². The molecule has 1 aromatic carbocycles. The van der Waals surface area contributed by atoms with Gasteiger partial charge in [0.1, 0.15) is 5.75 Å². The summed E-state index contributed by atoms with van der Waals surface area (Å²) < 4.78 is 7.19. The molecule has 6 nitrogen and oxygen atoms in total. The molecule has 2 aromatic heterocycles. The SMILES string of the molecule is O=C(CCOc1cccc(Cl)c1)NCc1cccnc1-n1cccn1. The lowest BCUT2D eigenvalue weighted by atomic mass is 10.2. The van der Waals surface area contributed by atoms with Gasteiger partial charge < -0.3 is 10.1 Å². The van der Waals surface area contributed by atoms with E-state index in [1.54, 1.807) is 41.3 Å². The molecular weight excluding hydrogens is 340 g/mol. The quantitative estimate of drug-likeness (QED) is 0.706. The van der Waals surface area contributed by atoms with Gasteiger partial charge in [-0.1, -0.05) is 23.7 Å². The first-order valence-corrected chi connectivity index (χ1v) is 8.19. The fourth-order valence-electron chi connectivity index (χ4n) is 2.27. The molecule has 0 aliphatic heterocycles. The molecule has 0 fully saturated rings. The first kappa shape index (κ1) is 17.0. The lowest BCUT2D eigenvalue weighted by Crippen LogP contribution is -2.25. The zero-order valence-electron chi connectivity index (χ0n) is 13.4. The number of ether oxygens (including phenoxy) is 1. The smallest absolute Gasteiger partial charge is 0.223 e. The Morgan fingerprint density at radius 2 is 2.12 bits per heavy atom. The van der Waals surface area contributed by atoms with Crippen molar-refractivity contribution in [3.05, 3.63) is 71.6 Å². The van der Waals surface area contributed by atoms with E-state index in [2.05, 4.69) is 15.4 Å². The van der Waals surface area contributed by atoms with Crippen LogP contribution in [0.15, 0.2) is 61.1 Å².